The molecule has 1 aromatic heterocycles. The summed E-state index contributed by atoms with van der Waals surface area (Å²) in [5.41, 5.74) is 2.70. The molecule has 0 bridgehead atoms. The van der Waals surface area contributed by atoms with Crippen molar-refractivity contribution in [3.63, 3.8) is 0 Å². The molecule has 0 amide bonds. The SMILES string of the molecule is CC(C)C1CCCC(Nc2ccc3[nH]c(=O)[nH]c3c2)CC1. The summed E-state index contributed by atoms with van der Waals surface area (Å²) in [6, 6.07) is 6.59. The van der Waals surface area contributed by atoms with Gasteiger partial charge >= 0.3 is 5.69 Å². The maximum Gasteiger partial charge on any atom is 0.323 e. The van der Waals surface area contributed by atoms with Crippen LogP contribution in [0.5, 0.6) is 0 Å². The Kier molecular flexibility index (Phi) is 4.04. The Balaban J connectivity index is 1.68. The third-order valence-corrected chi connectivity index (χ3v) is 4.84. The molecule has 0 aliphatic heterocycles. The Morgan fingerprint density at radius 1 is 1.10 bits per heavy atom. The maximum atomic E-state index is 11.3. The first-order valence-electron chi connectivity index (χ1n) is 8.10. The second kappa shape index (κ2) is 5.96. The highest BCUT2D eigenvalue weighted by Gasteiger charge is 2.20. The third kappa shape index (κ3) is 3.31. The molecule has 1 aliphatic carbocycles. The van der Waals surface area contributed by atoms with Crippen LogP contribution in [0.15, 0.2) is 23.0 Å². The van der Waals surface area contributed by atoms with Crippen LogP contribution in [0.1, 0.15) is 46.0 Å². The molecule has 4 nitrogen and oxygen atoms in total. The molecule has 1 heterocycles. The van der Waals surface area contributed by atoms with Crippen LogP contribution in [0, 0.1) is 11.8 Å². The second-order valence-corrected chi connectivity index (χ2v) is 6.69. The highest BCUT2D eigenvalue weighted by molar-refractivity contribution is 5.78. The van der Waals surface area contributed by atoms with Gasteiger partial charge in [0, 0.05) is 11.7 Å². The average molecular weight is 287 g/mol. The van der Waals surface area contributed by atoms with Crippen molar-refractivity contribution in [2.45, 2.75) is 52.0 Å². The number of rotatable bonds is 3. The van der Waals surface area contributed by atoms with Crippen molar-refractivity contribution in [1.29, 1.82) is 0 Å². The first-order valence-corrected chi connectivity index (χ1v) is 8.10. The van der Waals surface area contributed by atoms with Crippen molar-refractivity contribution in [1.82, 2.24) is 9.97 Å². The Bertz CT molecular complexity index is 655. The molecule has 1 aromatic carbocycles. The van der Waals surface area contributed by atoms with Gasteiger partial charge in [0.15, 0.2) is 0 Å². The highest BCUT2D eigenvalue weighted by Crippen LogP contribution is 2.30. The van der Waals surface area contributed by atoms with Gasteiger partial charge in [-0.25, -0.2) is 4.79 Å². The molecule has 3 N–H and O–H groups in total. The van der Waals surface area contributed by atoms with Gasteiger partial charge in [0.2, 0.25) is 0 Å². The zero-order valence-electron chi connectivity index (χ0n) is 12.9. The molecule has 114 valence electrons. The minimum Gasteiger partial charge on any atom is -0.382 e. The lowest BCUT2D eigenvalue weighted by atomic mass is 9.89. The monoisotopic (exact) mass is 287 g/mol. The van der Waals surface area contributed by atoms with E-state index < -0.39 is 0 Å². The number of aromatic nitrogens is 2. The molecule has 1 fully saturated rings. The lowest BCUT2D eigenvalue weighted by Crippen LogP contribution is -2.18. The van der Waals surface area contributed by atoms with Crippen molar-refractivity contribution in [3.05, 3.63) is 28.7 Å². The maximum absolute atomic E-state index is 11.3. The van der Waals surface area contributed by atoms with E-state index >= 15 is 0 Å². The van der Waals surface area contributed by atoms with Crippen molar-refractivity contribution < 1.29 is 0 Å². The van der Waals surface area contributed by atoms with Crippen LogP contribution < -0.4 is 11.0 Å². The summed E-state index contributed by atoms with van der Waals surface area (Å²) in [5, 5.41) is 3.65. The van der Waals surface area contributed by atoms with Gasteiger partial charge in [0.1, 0.15) is 0 Å². The number of imidazole rings is 1. The van der Waals surface area contributed by atoms with Gasteiger partial charge in [-0.1, -0.05) is 26.7 Å². The molecule has 4 heteroatoms. The Labute approximate surface area is 125 Å². The Hall–Kier alpha value is -1.71. The molecule has 1 aliphatic rings. The summed E-state index contributed by atoms with van der Waals surface area (Å²) in [4.78, 5) is 16.9. The highest BCUT2D eigenvalue weighted by atomic mass is 16.1. The van der Waals surface area contributed by atoms with Gasteiger partial charge in [-0.2, -0.15) is 0 Å². The normalized spacial score (nSPS) is 23.4. The predicted octanol–water partition coefficient (Wildman–Crippen LogP) is 3.87. The van der Waals surface area contributed by atoms with E-state index in [1.807, 2.05) is 12.1 Å². The summed E-state index contributed by atoms with van der Waals surface area (Å²) in [7, 11) is 0. The van der Waals surface area contributed by atoms with Crippen LogP contribution in [0.3, 0.4) is 0 Å². The van der Waals surface area contributed by atoms with Gasteiger partial charge in [0.25, 0.3) is 0 Å². The standard InChI is InChI=1S/C17H25N3O/c1-11(2)12-4-3-5-13(7-6-12)18-14-8-9-15-16(10-14)20-17(21)19-15/h8-13,18H,3-7H2,1-2H3,(H2,19,20,21). The van der Waals surface area contributed by atoms with Gasteiger partial charge in [-0.3, -0.25) is 0 Å². The minimum atomic E-state index is -0.142. The Morgan fingerprint density at radius 2 is 1.90 bits per heavy atom. The van der Waals surface area contributed by atoms with Crippen LogP contribution in [-0.2, 0) is 0 Å². The summed E-state index contributed by atoms with van der Waals surface area (Å²) < 4.78 is 0. The lowest BCUT2D eigenvalue weighted by Gasteiger charge is -2.19. The summed E-state index contributed by atoms with van der Waals surface area (Å²) in [6.07, 6.45) is 6.47. The fourth-order valence-electron chi connectivity index (χ4n) is 3.50. The number of benzene rings is 1. The smallest absolute Gasteiger partial charge is 0.323 e. The van der Waals surface area contributed by atoms with Gasteiger partial charge in [-0.05, 0) is 49.3 Å². The lowest BCUT2D eigenvalue weighted by molar-refractivity contribution is 0.341. The number of nitrogens with one attached hydrogen (secondary N) is 3. The van der Waals surface area contributed by atoms with Crippen molar-refractivity contribution in [3.8, 4) is 0 Å². The first kappa shape index (κ1) is 14.2. The summed E-state index contributed by atoms with van der Waals surface area (Å²) in [5.74, 6) is 1.67. The molecular weight excluding hydrogens is 262 g/mol. The molecule has 2 atom stereocenters. The zero-order chi connectivity index (χ0) is 14.8. The van der Waals surface area contributed by atoms with E-state index in [9.17, 15) is 4.79 Å². The number of anilines is 1. The fourth-order valence-corrected chi connectivity index (χ4v) is 3.50. The fraction of sp³-hybridized carbons (Fsp3) is 0.588. The third-order valence-electron chi connectivity index (χ3n) is 4.84. The first-order chi connectivity index (χ1) is 10.1. The molecule has 0 radical (unpaired) electrons. The molecule has 2 aromatic rings. The van der Waals surface area contributed by atoms with Gasteiger partial charge < -0.3 is 15.3 Å². The number of hydrogen-bond donors (Lipinski definition) is 3. The largest absolute Gasteiger partial charge is 0.382 e. The molecule has 1 saturated carbocycles. The molecule has 0 saturated heterocycles. The number of fused-ring (bicyclic) bond motifs is 1. The molecule has 21 heavy (non-hydrogen) atoms. The van der Waals surface area contributed by atoms with Gasteiger partial charge in [-0.15, -0.1) is 0 Å². The minimum absolute atomic E-state index is 0.142. The molecule has 3 rings (SSSR count). The van der Waals surface area contributed by atoms with E-state index in [2.05, 4.69) is 35.2 Å². The predicted molar refractivity (Wildman–Crippen MR) is 87.7 cm³/mol. The van der Waals surface area contributed by atoms with Crippen molar-refractivity contribution in [2.24, 2.45) is 11.8 Å². The van der Waals surface area contributed by atoms with Gasteiger partial charge in [0.05, 0.1) is 11.0 Å². The van der Waals surface area contributed by atoms with Crippen LogP contribution >= 0.6 is 0 Å². The molecule has 0 spiro atoms. The van der Waals surface area contributed by atoms with Crippen LogP contribution in [-0.4, -0.2) is 16.0 Å². The number of aromatic amines is 2. The van der Waals surface area contributed by atoms with E-state index in [1.54, 1.807) is 0 Å². The van der Waals surface area contributed by atoms with Crippen molar-refractivity contribution >= 4 is 16.7 Å². The number of hydrogen-bond acceptors (Lipinski definition) is 2. The van der Waals surface area contributed by atoms with Crippen LogP contribution in [0.25, 0.3) is 11.0 Å². The number of H-pyrrole nitrogens is 2. The summed E-state index contributed by atoms with van der Waals surface area (Å²) in [6.45, 7) is 4.68. The zero-order valence-corrected chi connectivity index (χ0v) is 12.9. The topological polar surface area (TPSA) is 60.7 Å². The van der Waals surface area contributed by atoms with E-state index in [0.29, 0.717) is 6.04 Å². The quantitative estimate of drug-likeness (QED) is 0.750. The van der Waals surface area contributed by atoms with Crippen molar-refractivity contribution in [2.75, 3.05) is 5.32 Å². The van der Waals surface area contributed by atoms with Crippen LogP contribution in [0.2, 0.25) is 0 Å². The van der Waals surface area contributed by atoms with Crippen LogP contribution in [0.4, 0.5) is 5.69 Å². The van der Waals surface area contributed by atoms with E-state index in [1.165, 1.54) is 32.1 Å². The molecule has 2 unspecified atom stereocenters. The molecular formula is C17H25N3O. The average Bonchev–Trinajstić information content (AvgIpc) is 2.65. The Morgan fingerprint density at radius 3 is 2.71 bits per heavy atom. The van der Waals surface area contributed by atoms with E-state index in [4.69, 9.17) is 0 Å². The van der Waals surface area contributed by atoms with E-state index in [0.717, 1.165) is 28.6 Å². The second-order valence-electron chi connectivity index (χ2n) is 6.69. The summed E-state index contributed by atoms with van der Waals surface area (Å²) >= 11 is 0. The van der Waals surface area contributed by atoms with E-state index in [-0.39, 0.29) is 5.69 Å².